The number of rotatable bonds is 4. The summed E-state index contributed by atoms with van der Waals surface area (Å²) in [5, 5.41) is 0. The molecule has 1 aromatic rings. The first kappa shape index (κ1) is 11.1. The fraction of sp³-hybridized carbons (Fsp3) is 0.167. The summed E-state index contributed by atoms with van der Waals surface area (Å²) in [6, 6.07) is 4.06. The van der Waals surface area contributed by atoms with Crippen molar-refractivity contribution in [1.82, 2.24) is 0 Å². The van der Waals surface area contributed by atoms with E-state index in [4.69, 9.17) is 5.73 Å². The number of anilines is 1. The van der Waals surface area contributed by atoms with Gasteiger partial charge in [0, 0.05) is 10.2 Å². The molecule has 74 valence electrons. The van der Waals surface area contributed by atoms with Crippen molar-refractivity contribution in [1.29, 1.82) is 0 Å². The van der Waals surface area contributed by atoms with Crippen LogP contribution in [0.3, 0.4) is 0 Å². The summed E-state index contributed by atoms with van der Waals surface area (Å²) in [7, 11) is 0. The topological polar surface area (TPSA) is 26.0 Å². The lowest BCUT2D eigenvalue weighted by molar-refractivity contribution is 1.21. The fourth-order valence-corrected chi connectivity index (χ4v) is 1.94. The van der Waals surface area contributed by atoms with Gasteiger partial charge in [0.25, 0.3) is 0 Å². The van der Waals surface area contributed by atoms with Crippen molar-refractivity contribution in [2.75, 3.05) is 5.73 Å². The molecular formula is C12H14BrN. The summed E-state index contributed by atoms with van der Waals surface area (Å²) in [6.07, 6.45) is 5.32. The van der Waals surface area contributed by atoms with E-state index in [1.807, 2.05) is 24.3 Å². The molecule has 14 heavy (non-hydrogen) atoms. The van der Waals surface area contributed by atoms with E-state index >= 15 is 0 Å². The largest absolute Gasteiger partial charge is 0.398 e. The maximum Gasteiger partial charge on any atom is 0.0386 e. The Balaban J connectivity index is 3.16. The number of halogens is 1. The van der Waals surface area contributed by atoms with Crippen molar-refractivity contribution in [3.63, 3.8) is 0 Å². The van der Waals surface area contributed by atoms with Gasteiger partial charge in [-0.05, 0) is 36.1 Å². The lowest BCUT2D eigenvalue weighted by Crippen LogP contribution is -1.99. The second kappa shape index (κ2) is 5.01. The maximum atomic E-state index is 6.01. The molecule has 0 saturated carbocycles. The predicted molar refractivity (Wildman–Crippen MR) is 66.4 cm³/mol. The SMILES string of the molecule is C=CCc1cc(Br)cc(CC=C)c1N. The fourth-order valence-electron chi connectivity index (χ4n) is 1.39. The Kier molecular flexibility index (Phi) is 3.96. The number of nitrogen functional groups attached to an aromatic ring is 1. The molecule has 0 aliphatic rings. The minimum atomic E-state index is 0.801. The first-order valence-corrected chi connectivity index (χ1v) is 5.27. The highest BCUT2D eigenvalue weighted by atomic mass is 79.9. The Labute approximate surface area is 93.4 Å². The molecule has 0 aliphatic heterocycles. The lowest BCUT2D eigenvalue weighted by Gasteiger charge is -2.09. The van der Waals surface area contributed by atoms with Crippen molar-refractivity contribution >= 4 is 21.6 Å². The Hall–Kier alpha value is -1.02. The summed E-state index contributed by atoms with van der Waals surface area (Å²) < 4.78 is 1.06. The molecule has 1 aromatic carbocycles. The molecule has 0 atom stereocenters. The molecule has 0 aliphatic carbocycles. The van der Waals surface area contributed by atoms with Crippen LogP contribution < -0.4 is 5.73 Å². The summed E-state index contributed by atoms with van der Waals surface area (Å²) >= 11 is 3.46. The minimum Gasteiger partial charge on any atom is -0.398 e. The molecular weight excluding hydrogens is 238 g/mol. The van der Waals surface area contributed by atoms with Gasteiger partial charge >= 0.3 is 0 Å². The summed E-state index contributed by atoms with van der Waals surface area (Å²) in [5.41, 5.74) is 9.10. The van der Waals surface area contributed by atoms with Crippen LogP contribution in [-0.4, -0.2) is 0 Å². The van der Waals surface area contributed by atoms with E-state index in [0.717, 1.165) is 34.1 Å². The van der Waals surface area contributed by atoms with Crippen LogP contribution in [0, 0.1) is 0 Å². The average Bonchev–Trinajstić information content (AvgIpc) is 2.14. The molecule has 0 aromatic heterocycles. The van der Waals surface area contributed by atoms with Gasteiger partial charge in [-0.2, -0.15) is 0 Å². The van der Waals surface area contributed by atoms with Crippen molar-refractivity contribution in [3.05, 3.63) is 53.0 Å². The molecule has 0 saturated heterocycles. The van der Waals surface area contributed by atoms with E-state index < -0.39 is 0 Å². The van der Waals surface area contributed by atoms with Gasteiger partial charge in [-0.25, -0.2) is 0 Å². The zero-order valence-corrected chi connectivity index (χ0v) is 9.68. The number of hydrogen-bond donors (Lipinski definition) is 1. The van der Waals surface area contributed by atoms with Crippen LogP contribution in [0.4, 0.5) is 5.69 Å². The smallest absolute Gasteiger partial charge is 0.0386 e. The quantitative estimate of drug-likeness (QED) is 0.644. The molecule has 0 bridgehead atoms. The predicted octanol–water partition coefficient (Wildman–Crippen LogP) is 3.49. The maximum absolute atomic E-state index is 6.01. The highest BCUT2D eigenvalue weighted by Crippen LogP contribution is 2.25. The molecule has 0 radical (unpaired) electrons. The molecule has 2 N–H and O–H groups in total. The van der Waals surface area contributed by atoms with Crippen molar-refractivity contribution in [2.45, 2.75) is 12.8 Å². The van der Waals surface area contributed by atoms with Crippen LogP contribution in [0.25, 0.3) is 0 Å². The average molecular weight is 252 g/mol. The Morgan fingerprint density at radius 2 is 1.57 bits per heavy atom. The lowest BCUT2D eigenvalue weighted by atomic mass is 10.0. The number of allylic oxidation sites excluding steroid dienone is 2. The number of nitrogens with two attached hydrogens (primary N) is 1. The third-order valence-electron chi connectivity index (χ3n) is 2.04. The summed E-state index contributed by atoms with van der Waals surface area (Å²) in [6.45, 7) is 7.42. The van der Waals surface area contributed by atoms with Gasteiger partial charge in [-0.1, -0.05) is 28.1 Å². The van der Waals surface area contributed by atoms with E-state index in [2.05, 4.69) is 29.1 Å². The highest BCUT2D eigenvalue weighted by Gasteiger charge is 2.04. The zero-order chi connectivity index (χ0) is 10.6. The van der Waals surface area contributed by atoms with E-state index in [1.54, 1.807) is 0 Å². The molecule has 2 heteroatoms. The standard InChI is InChI=1S/C12H14BrN/c1-3-5-9-7-11(13)8-10(6-4-2)12(9)14/h3-4,7-8H,1-2,5-6,14H2. The monoisotopic (exact) mass is 251 g/mol. The molecule has 0 fully saturated rings. The van der Waals surface area contributed by atoms with Crippen molar-refractivity contribution in [2.24, 2.45) is 0 Å². The van der Waals surface area contributed by atoms with Crippen LogP contribution in [0.15, 0.2) is 41.9 Å². The van der Waals surface area contributed by atoms with E-state index in [-0.39, 0.29) is 0 Å². The normalized spacial score (nSPS) is 9.79. The van der Waals surface area contributed by atoms with Crippen molar-refractivity contribution < 1.29 is 0 Å². The molecule has 0 heterocycles. The molecule has 1 nitrogen and oxygen atoms in total. The highest BCUT2D eigenvalue weighted by molar-refractivity contribution is 9.10. The third-order valence-corrected chi connectivity index (χ3v) is 2.50. The van der Waals surface area contributed by atoms with Gasteiger partial charge in [0.05, 0.1) is 0 Å². The molecule has 0 unspecified atom stereocenters. The van der Waals surface area contributed by atoms with Crippen molar-refractivity contribution in [3.8, 4) is 0 Å². The Bertz CT molecular complexity index is 324. The molecule has 1 rings (SSSR count). The first-order chi connectivity index (χ1) is 6.69. The molecule has 0 spiro atoms. The van der Waals surface area contributed by atoms with Crippen LogP contribution in [-0.2, 0) is 12.8 Å². The summed E-state index contributed by atoms with van der Waals surface area (Å²) in [4.78, 5) is 0. The third kappa shape index (κ3) is 2.48. The van der Waals surface area contributed by atoms with Gasteiger partial charge in [-0.15, -0.1) is 13.2 Å². The zero-order valence-electron chi connectivity index (χ0n) is 8.09. The molecule has 0 amide bonds. The van der Waals surface area contributed by atoms with Gasteiger partial charge < -0.3 is 5.73 Å². The van der Waals surface area contributed by atoms with Crippen LogP contribution in [0.5, 0.6) is 0 Å². The Morgan fingerprint density at radius 1 is 1.14 bits per heavy atom. The van der Waals surface area contributed by atoms with Gasteiger partial charge in [0.1, 0.15) is 0 Å². The van der Waals surface area contributed by atoms with E-state index in [9.17, 15) is 0 Å². The van der Waals surface area contributed by atoms with Crippen LogP contribution in [0.2, 0.25) is 0 Å². The number of hydrogen-bond acceptors (Lipinski definition) is 1. The Morgan fingerprint density at radius 3 is 1.93 bits per heavy atom. The first-order valence-electron chi connectivity index (χ1n) is 4.47. The second-order valence-corrected chi connectivity index (χ2v) is 4.04. The van der Waals surface area contributed by atoms with Crippen LogP contribution in [0.1, 0.15) is 11.1 Å². The number of benzene rings is 1. The van der Waals surface area contributed by atoms with Gasteiger partial charge in [0.2, 0.25) is 0 Å². The second-order valence-electron chi connectivity index (χ2n) is 3.12. The van der Waals surface area contributed by atoms with Gasteiger partial charge in [-0.3, -0.25) is 0 Å². The summed E-state index contributed by atoms with van der Waals surface area (Å²) in [5.74, 6) is 0. The van der Waals surface area contributed by atoms with Crippen LogP contribution >= 0.6 is 15.9 Å². The van der Waals surface area contributed by atoms with E-state index in [0.29, 0.717) is 0 Å². The van der Waals surface area contributed by atoms with E-state index in [1.165, 1.54) is 0 Å². The van der Waals surface area contributed by atoms with Gasteiger partial charge in [0.15, 0.2) is 0 Å². The minimum absolute atomic E-state index is 0.801.